The average molecular weight is 273 g/mol. The van der Waals surface area contributed by atoms with E-state index in [1.807, 2.05) is 6.07 Å². The van der Waals surface area contributed by atoms with Crippen molar-refractivity contribution in [3.8, 4) is 11.8 Å². The third kappa shape index (κ3) is 4.09. The van der Waals surface area contributed by atoms with Gasteiger partial charge in [0, 0.05) is 17.7 Å². The molecule has 0 aliphatic carbocycles. The Morgan fingerprint density at radius 3 is 2.85 bits per heavy atom. The summed E-state index contributed by atoms with van der Waals surface area (Å²) in [5.74, 6) is 5.46. The summed E-state index contributed by atoms with van der Waals surface area (Å²) in [5.41, 5.74) is 0.208. The van der Waals surface area contributed by atoms with Crippen molar-refractivity contribution >= 4 is 5.91 Å². The molecular formula is C16H19NO3. The first-order valence-corrected chi connectivity index (χ1v) is 6.76. The number of hydrogen-bond acceptors (Lipinski definition) is 3. The van der Waals surface area contributed by atoms with Crippen molar-refractivity contribution in [1.29, 1.82) is 0 Å². The molecule has 0 bridgehead atoms. The van der Waals surface area contributed by atoms with Gasteiger partial charge in [-0.15, -0.1) is 0 Å². The average Bonchev–Trinajstić information content (AvgIpc) is 2.45. The van der Waals surface area contributed by atoms with Crippen LogP contribution >= 0.6 is 0 Å². The van der Waals surface area contributed by atoms with Crippen molar-refractivity contribution < 1.29 is 14.7 Å². The molecule has 1 amide bonds. The van der Waals surface area contributed by atoms with Gasteiger partial charge in [0.25, 0.3) is 5.91 Å². The molecule has 20 heavy (non-hydrogen) atoms. The van der Waals surface area contributed by atoms with Crippen LogP contribution in [0.3, 0.4) is 0 Å². The highest BCUT2D eigenvalue weighted by Crippen LogP contribution is 2.13. The fourth-order valence-electron chi connectivity index (χ4n) is 1.86. The Balaban J connectivity index is 2.16. The quantitative estimate of drug-likeness (QED) is 0.796. The fourth-order valence-corrected chi connectivity index (χ4v) is 1.86. The van der Waals surface area contributed by atoms with Gasteiger partial charge in [0.15, 0.2) is 0 Å². The second-order valence-corrected chi connectivity index (χ2v) is 5.34. The summed E-state index contributed by atoms with van der Waals surface area (Å²) in [6.45, 7) is 4.45. The summed E-state index contributed by atoms with van der Waals surface area (Å²) in [6, 6.07) is 7.06. The Labute approximate surface area is 119 Å². The van der Waals surface area contributed by atoms with Gasteiger partial charge in [-0.05, 0) is 44.9 Å². The summed E-state index contributed by atoms with van der Waals surface area (Å²) in [5, 5.41) is 11.0. The molecule has 1 heterocycles. The highest BCUT2D eigenvalue weighted by molar-refractivity contribution is 5.93. The number of rotatable bonds is 1. The van der Waals surface area contributed by atoms with E-state index in [-0.39, 0.29) is 5.91 Å². The predicted octanol–water partition coefficient (Wildman–Crippen LogP) is 1.98. The monoisotopic (exact) mass is 273 g/mol. The minimum absolute atomic E-state index is 0.142. The van der Waals surface area contributed by atoms with Crippen LogP contribution in [0.15, 0.2) is 24.3 Å². The van der Waals surface area contributed by atoms with Crippen molar-refractivity contribution in [2.24, 2.45) is 0 Å². The van der Waals surface area contributed by atoms with Gasteiger partial charge in [-0.1, -0.05) is 17.9 Å². The minimum atomic E-state index is -1.05. The van der Waals surface area contributed by atoms with Gasteiger partial charge >= 0.3 is 0 Å². The normalized spacial score (nSPS) is 15.4. The molecule has 0 aromatic heterocycles. The zero-order valence-corrected chi connectivity index (χ0v) is 11.8. The Hall–Kier alpha value is -1.83. The van der Waals surface area contributed by atoms with Crippen LogP contribution in [0, 0.1) is 11.8 Å². The van der Waals surface area contributed by atoms with Crippen LogP contribution < -0.4 is 0 Å². The third-order valence-electron chi connectivity index (χ3n) is 2.85. The molecule has 4 heteroatoms. The molecule has 0 atom stereocenters. The maximum absolute atomic E-state index is 12.3. The van der Waals surface area contributed by atoms with Crippen molar-refractivity contribution in [3.05, 3.63) is 35.4 Å². The van der Waals surface area contributed by atoms with Crippen LogP contribution in [0.5, 0.6) is 0 Å². The number of hydrogen-bond donors (Lipinski definition) is 1. The van der Waals surface area contributed by atoms with E-state index in [9.17, 15) is 9.90 Å². The van der Waals surface area contributed by atoms with Crippen LogP contribution in [-0.2, 0) is 4.84 Å². The molecule has 106 valence electrons. The lowest BCUT2D eigenvalue weighted by Crippen LogP contribution is -2.35. The first kappa shape index (κ1) is 14.6. The SMILES string of the molecule is CC(C)(O)C#Cc1cccc(C(=O)N2CCCCO2)c1. The number of benzene rings is 1. The van der Waals surface area contributed by atoms with E-state index in [4.69, 9.17) is 4.84 Å². The Morgan fingerprint density at radius 1 is 1.40 bits per heavy atom. The molecule has 1 aliphatic heterocycles. The van der Waals surface area contributed by atoms with Crippen LogP contribution in [0.25, 0.3) is 0 Å². The van der Waals surface area contributed by atoms with E-state index in [1.54, 1.807) is 32.0 Å². The molecule has 1 saturated heterocycles. The molecule has 1 aromatic carbocycles. The van der Waals surface area contributed by atoms with Crippen molar-refractivity contribution in [2.75, 3.05) is 13.2 Å². The molecular weight excluding hydrogens is 254 g/mol. The van der Waals surface area contributed by atoms with Crippen LogP contribution in [-0.4, -0.2) is 34.8 Å². The van der Waals surface area contributed by atoms with Crippen LogP contribution in [0.2, 0.25) is 0 Å². The molecule has 0 spiro atoms. The Bertz CT molecular complexity index is 543. The number of amides is 1. The van der Waals surface area contributed by atoms with Gasteiger partial charge in [0.05, 0.1) is 6.61 Å². The largest absolute Gasteiger partial charge is 0.378 e. The molecule has 2 rings (SSSR count). The number of nitrogens with zero attached hydrogens (tertiary/aromatic N) is 1. The number of hydroxylamine groups is 2. The lowest BCUT2D eigenvalue weighted by Gasteiger charge is -2.25. The molecule has 1 N–H and O–H groups in total. The minimum Gasteiger partial charge on any atom is -0.378 e. The highest BCUT2D eigenvalue weighted by atomic mass is 16.7. The topological polar surface area (TPSA) is 49.8 Å². The van der Waals surface area contributed by atoms with Gasteiger partial charge in [0.1, 0.15) is 5.60 Å². The smallest absolute Gasteiger partial charge is 0.277 e. The molecule has 0 unspecified atom stereocenters. The summed E-state index contributed by atoms with van der Waals surface area (Å²) in [7, 11) is 0. The van der Waals surface area contributed by atoms with Gasteiger partial charge in [-0.2, -0.15) is 0 Å². The van der Waals surface area contributed by atoms with Gasteiger partial charge in [-0.3, -0.25) is 9.63 Å². The van der Waals surface area contributed by atoms with Crippen LogP contribution in [0.1, 0.15) is 42.6 Å². The summed E-state index contributed by atoms with van der Waals surface area (Å²) in [4.78, 5) is 17.6. The maximum atomic E-state index is 12.3. The van der Waals surface area contributed by atoms with Crippen LogP contribution in [0.4, 0.5) is 0 Å². The number of carbonyl (C=O) groups excluding carboxylic acids is 1. The van der Waals surface area contributed by atoms with Gasteiger partial charge < -0.3 is 5.11 Å². The first-order chi connectivity index (χ1) is 9.46. The maximum Gasteiger partial charge on any atom is 0.277 e. The van der Waals surface area contributed by atoms with Crippen molar-refractivity contribution in [1.82, 2.24) is 5.06 Å². The summed E-state index contributed by atoms with van der Waals surface area (Å²) in [6.07, 6.45) is 1.95. The first-order valence-electron chi connectivity index (χ1n) is 6.76. The summed E-state index contributed by atoms with van der Waals surface area (Å²) < 4.78 is 0. The van der Waals surface area contributed by atoms with Crippen molar-refractivity contribution in [3.63, 3.8) is 0 Å². The molecule has 0 radical (unpaired) electrons. The van der Waals surface area contributed by atoms with E-state index < -0.39 is 5.60 Å². The zero-order chi connectivity index (χ0) is 14.6. The third-order valence-corrected chi connectivity index (χ3v) is 2.85. The molecule has 1 fully saturated rings. The predicted molar refractivity (Wildman–Crippen MR) is 75.8 cm³/mol. The summed E-state index contributed by atoms with van der Waals surface area (Å²) >= 11 is 0. The van der Waals surface area contributed by atoms with E-state index in [0.29, 0.717) is 24.3 Å². The number of carbonyl (C=O) groups is 1. The van der Waals surface area contributed by atoms with E-state index in [2.05, 4.69) is 11.8 Å². The second-order valence-electron chi connectivity index (χ2n) is 5.34. The fraction of sp³-hybridized carbons (Fsp3) is 0.438. The molecule has 0 saturated carbocycles. The van der Waals surface area contributed by atoms with E-state index in [1.165, 1.54) is 5.06 Å². The standard InChI is InChI=1S/C16H19NO3/c1-16(2,19)9-8-13-6-5-7-14(12-13)15(18)17-10-3-4-11-20-17/h5-7,12,19H,3-4,10-11H2,1-2H3. The Kier molecular flexibility index (Phi) is 4.43. The van der Waals surface area contributed by atoms with Gasteiger partial charge in [-0.25, -0.2) is 5.06 Å². The lowest BCUT2D eigenvalue weighted by molar-refractivity contribution is -0.144. The van der Waals surface area contributed by atoms with E-state index >= 15 is 0 Å². The molecule has 1 aliphatic rings. The van der Waals surface area contributed by atoms with E-state index in [0.717, 1.165) is 12.8 Å². The molecule has 4 nitrogen and oxygen atoms in total. The van der Waals surface area contributed by atoms with Crippen molar-refractivity contribution in [2.45, 2.75) is 32.3 Å². The Morgan fingerprint density at radius 2 is 2.20 bits per heavy atom. The zero-order valence-electron chi connectivity index (χ0n) is 11.8. The highest BCUT2D eigenvalue weighted by Gasteiger charge is 2.19. The molecule has 1 aromatic rings. The number of aliphatic hydroxyl groups is 1. The van der Waals surface area contributed by atoms with Gasteiger partial charge in [0.2, 0.25) is 0 Å². The second kappa shape index (κ2) is 6.08. The lowest BCUT2D eigenvalue weighted by atomic mass is 10.1.